The molecule has 2 N–H and O–H groups in total. The fourth-order valence-corrected chi connectivity index (χ4v) is 3.86. The Morgan fingerprint density at radius 2 is 2.17 bits per heavy atom. The molecular formula is C18H20N2O3S. The number of nitrogens with zero attached hydrogens (tertiary/aromatic N) is 1. The topological polar surface area (TPSA) is 72.6 Å². The predicted molar refractivity (Wildman–Crippen MR) is 93.9 cm³/mol. The van der Waals surface area contributed by atoms with E-state index in [0.29, 0.717) is 17.8 Å². The lowest BCUT2D eigenvalue weighted by molar-refractivity contribution is -0.135. The molecule has 126 valence electrons. The first-order valence-electron chi connectivity index (χ1n) is 7.93. The number of rotatable bonds is 4. The van der Waals surface area contributed by atoms with Gasteiger partial charge >= 0.3 is 5.97 Å². The zero-order valence-corrected chi connectivity index (χ0v) is 14.3. The van der Waals surface area contributed by atoms with Crippen LogP contribution < -0.4 is 5.73 Å². The van der Waals surface area contributed by atoms with Gasteiger partial charge in [-0.25, -0.2) is 4.79 Å². The molecule has 0 radical (unpaired) electrons. The number of anilines is 1. The Labute approximate surface area is 145 Å². The third kappa shape index (κ3) is 3.28. The van der Waals surface area contributed by atoms with E-state index in [1.165, 1.54) is 4.88 Å². The van der Waals surface area contributed by atoms with E-state index in [1.54, 1.807) is 28.4 Å². The molecule has 0 aliphatic carbocycles. The molecule has 1 aromatic heterocycles. The van der Waals surface area contributed by atoms with Gasteiger partial charge in [-0.15, -0.1) is 11.3 Å². The van der Waals surface area contributed by atoms with Crippen molar-refractivity contribution < 1.29 is 14.3 Å². The van der Waals surface area contributed by atoms with E-state index in [0.717, 1.165) is 18.4 Å². The highest BCUT2D eigenvalue weighted by Gasteiger charge is 2.31. The van der Waals surface area contributed by atoms with Crippen LogP contribution >= 0.6 is 11.3 Å². The fraction of sp³-hybridized carbons (Fsp3) is 0.333. The van der Waals surface area contributed by atoms with Crippen LogP contribution in [0, 0.1) is 6.92 Å². The number of benzene rings is 1. The lowest BCUT2D eigenvalue weighted by Crippen LogP contribution is -2.34. The van der Waals surface area contributed by atoms with E-state index in [1.807, 2.05) is 30.5 Å². The monoisotopic (exact) mass is 344 g/mol. The molecule has 6 heteroatoms. The van der Waals surface area contributed by atoms with Gasteiger partial charge in [0.15, 0.2) is 6.61 Å². The molecule has 3 rings (SSSR count). The molecule has 0 unspecified atom stereocenters. The third-order valence-electron chi connectivity index (χ3n) is 4.32. The van der Waals surface area contributed by atoms with Crippen LogP contribution in [0.1, 0.15) is 39.7 Å². The molecule has 2 aromatic rings. The summed E-state index contributed by atoms with van der Waals surface area (Å²) >= 11 is 1.65. The number of hydrogen-bond donors (Lipinski definition) is 1. The van der Waals surface area contributed by atoms with Crippen molar-refractivity contribution in [3.8, 4) is 0 Å². The maximum Gasteiger partial charge on any atom is 0.340 e. The van der Waals surface area contributed by atoms with Crippen molar-refractivity contribution in [3.63, 3.8) is 0 Å². The molecule has 1 aliphatic heterocycles. The Bertz CT molecular complexity index is 743. The van der Waals surface area contributed by atoms with Gasteiger partial charge in [-0.3, -0.25) is 4.79 Å². The number of para-hydroxylation sites is 1. The Kier molecular flexibility index (Phi) is 4.85. The van der Waals surface area contributed by atoms with Gasteiger partial charge in [0.25, 0.3) is 5.91 Å². The van der Waals surface area contributed by atoms with Crippen LogP contribution in [0.2, 0.25) is 0 Å². The van der Waals surface area contributed by atoms with Crippen LogP contribution in [-0.4, -0.2) is 29.9 Å². The normalized spacial score (nSPS) is 17.0. The number of nitrogens with two attached hydrogens (primary N) is 1. The lowest BCUT2D eigenvalue weighted by atomic mass is 10.1. The highest BCUT2D eigenvalue weighted by atomic mass is 32.1. The number of aryl methyl sites for hydroxylation is 1. The average Bonchev–Trinajstić information content (AvgIpc) is 3.25. The van der Waals surface area contributed by atoms with E-state index in [-0.39, 0.29) is 18.6 Å². The maximum atomic E-state index is 12.5. The molecule has 0 saturated carbocycles. The molecule has 1 amide bonds. The van der Waals surface area contributed by atoms with Crippen LogP contribution in [-0.2, 0) is 9.53 Å². The molecule has 5 nitrogen and oxygen atoms in total. The average molecular weight is 344 g/mol. The van der Waals surface area contributed by atoms with Crippen molar-refractivity contribution in [2.75, 3.05) is 18.9 Å². The van der Waals surface area contributed by atoms with E-state index in [9.17, 15) is 9.59 Å². The van der Waals surface area contributed by atoms with Gasteiger partial charge in [-0.2, -0.15) is 0 Å². The minimum absolute atomic E-state index is 0.0974. The number of esters is 1. The summed E-state index contributed by atoms with van der Waals surface area (Å²) in [5, 5.41) is 2.01. The molecule has 1 aromatic carbocycles. The van der Waals surface area contributed by atoms with Crippen molar-refractivity contribution in [2.24, 2.45) is 0 Å². The molecule has 1 saturated heterocycles. The van der Waals surface area contributed by atoms with Gasteiger partial charge in [0.1, 0.15) is 0 Å². The molecule has 1 atom stereocenters. The van der Waals surface area contributed by atoms with Crippen molar-refractivity contribution in [1.29, 1.82) is 0 Å². The number of carbonyl (C=O) groups excluding carboxylic acids is 2. The lowest BCUT2D eigenvalue weighted by Gasteiger charge is -2.23. The summed E-state index contributed by atoms with van der Waals surface area (Å²) in [6, 6.07) is 9.31. The molecular weight excluding hydrogens is 324 g/mol. The maximum absolute atomic E-state index is 12.5. The SMILES string of the molecule is Cc1cccc(C(=O)OCC(=O)N2CCC[C@@H]2c2cccs2)c1N. The van der Waals surface area contributed by atoms with Gasteiger partial charge in [0.05, 0.1) is 11.6 Å². The number of ether oxygens (including phenoxy) is 1. The van der Waals surface area contributed by atoms with E-state index >= 15 is 0 Å². The fourth-order valence-electron chi connectivity index (χ4n) is 2.99. The predicted octanol–water partition coefficient (Wildman–Crippen LogP) is 3.16. The first-order chi connectivity index (χ1) is 11.6. The molecule has 0 bridgehead atoms. The molecule has 24 heavy (non-hydrogen) atoms. The zero-order chi connectivity index (χ0) is 17.1. The molecule has 1 fully saturated rings. The first kappa shape index (κ1) is 16.5. The van der Waals surface area contributed by atoms with Crippen LogP contribution in [0.3, 0.4) is 0 Å². The molecule has 1 aliphatic rings. The Hall–Kier alpha value is -2.34. The van der Waals surface area contributed by atoms with E-state index < -0.39 is 5.97 Å². The summed E-state index contributed by atoms with van der Waals surface area (Å²) in [4.78, 5) is 27.6. The van der Waals surface area contributed by atoms with E-state index in [4.69, 9.17) is 10.5 Å². The van der Waals surface area contributed by atoms with Crippen LogP contribution in [0.15, 0.2) is 35.7 Å². The summed E-state index contributed by atoms with van der Waals surface area (Å²) in [5.41, 5.74) is 7.42. The second-order valence-electron chi connectivity index (χ2n) is 5.87. The van der Waals surface area contributed by atoms with Crippen LogP contribution in [0.25, 0.3) is 0 Å². The molecule has 2 heterocycles. The van der Waals surface area contributed by atoms with E-state index in [2.05, 4.69) is 0 Å². The quantitative estimate of drug-likeness (QED) is 0.683. The number of hydrogen-bond acceptors (Lipinski definition) is 5. The Morgan fingerprint density at radius 1 is 1.33 bits per heavy atom. The second kappa shape index (κ2) is 7.05. The van der Waals surface area contributed by atoms with Crippen molar-refractivity contribution in [3.05, 3.63) is 51.7 Å². The van der Waals surface area contributed by atoms with Gasteiger partial charge in [-0.05, 0) is 42.8 Å². The highest BCUT2D eigenvalue weighted by molar-refractivity contribution is 7.10. The summed E-state index contributed by atoms with van der Waals surface area (Å²) in [6.45, 7) is 2.27. The summed E-state index contributed by atoms with van der Waals surface area (Å²) in [6.07, 6.45) is 1.91. The summed E-state index contributed by atoms with van der Waals surface area (Å²) < 4.78 is 5.20. The minimum Gasteiger partial charge on any atom is -0.452 e. The van der Waals surface area contributed by atoms with Crippen molar-refractivity contribution in [1.82, 2.24) is 4.90 Å². The zero-order valence-electron chi connectivity index (χ0n) is 13.5. The standard InChI is InChI=1S/C18H20N2O3S/c1-12-5-2-6-13(17(12)19)18(22)23-11-16(21)20-9-3-7-14(20)15-8-4-10-24-15/h2,4-6,8,10,14H,3,7,9,11,19H2,1H3/t14-/m1/s1. The Balaban J connectivity index is 1.63. The van der Waals surface area contributed by atoms with Crippen molar-refractivity contribution >= 4 is 28.9 Å². The summed E-state index contributed by atoms with van der Waals surface area (Å²) in [5.74, 6) is -0.720. The largest absolute Gasteiger partial charge is 0.452 e. The van der Waals surface area contributed by atoms with Crippen LogP contribution in [0.4, 0.5) is 5.69 Å². The number of thiophene rings is 1. The highest BCUT2D eigenvalue weighted by Crippen LogP contribution is 2.34. The van der Waals surface area contributed by atoms with Gasteiger partial charge in [0.2, 0.25) is 0 Å². The Morgan fingerprint density at radius 3 is 2.92 bits per heavy atom. The first-order valence-corrected chi connectivity index (χ1v) is 8.81. The number of amides is 1. The number of likely N-dealkylation sites (tertiary alicyclic amines) is 1. The van der Waals surface area contributed by atoms with Crippen molar-refractivity contribution in [2.45, 2.75) is 25.8 Å². The number of nitrogen functional groups attached to an aromatic ring is 1. The minimum atomic E-state index is -0.559. The van der Waals surface area contributed by atoms with Gasteiger partial charge in [-0.1, -0.05) is 18.2 Å². The smallest absolute Gasteiger partial charge is 0.340 e. The number of carbonyl (C=O) groups is 2. The second-order valence-corrected chi connectivity index (χ2v) is 6.85. The van der Waals surface area contributed by atoms with Gasteiger partial charge in [0, 0.05) is 17.1 Å². The summed E-state index contributed by atoms with van der Waals surface area (Å²) in [7, 11) is 0. The molecule has 0 spiro atoms. The van der Waals surface area contributed by atoms with Crippen LogP contribution in [0.5, 0.6) is 0 Å². The van der Waals surface area contributed by atoms with Gasteiger partial charge < -0.3 is 15.4 Å². The third-order valence-corrected chi connectivity index (χ3v) is 5.29.